The lowest BCUT2D eigenvalue weighted by atomic mass is 10.0. The number of hydrogen-bond acceptors (Lipinski definition) is 5. The summed E-state index contributed by atoms with van der Waals surface area (Å²) in [7, 11) is 1.62. The van der Waals surface area contributed by atoms with Crippen LogP contribution < -0.4 is 4.74 Å². The van der Waals surface area contributed by atoms with E-state index in [1.165, 1.54) is 18.4 Å². The Balaban J connectivity index is 1.46. The summed E-state index contributed by atoms with van der Waals surface area (Å²) in [6.45, 7) is 0.623. The average molecular weight is 408 g/mol. The van der Waals surface area contributed by atoms with Crippen molar-refractivity contribution >= 4 is 11.6 Å². The molecule has 0 bridgehead atoms. The highest BCUT2D eigenvalue weighted by Crippen LogP contribution is 2.21. The van der Waals surface area contributed by atoms with Gasteiger partial charge in [-0.2, -0.15) is 0 Å². The predicted molar refractivity (Wildman–Crippen MR) is 109 cm³/mol. The maximum absolute atomic E-state index is 13.2. The summed E-state index contributed by atoms with van der Waals surface area (Å²) < 4.78 is 23.7. The van der Waals surface area contributed by atoms with Gasteiger partial charge >= 0.3 is 0 Å². The van der Waals surface area contributed by atoms with Crippen LogP contribution in [0.2, 0.25) is 0 Å². The van der Waals surface area contributed by atoms with Crippen LogP contribution >= 0.6 is 0 Å². The average Bonchev–Trinajstić information content (AvgIpc) is 3.47. The number of nitrogens with zero attached hydrogens (tertiary/aromatic N) is 2. The number of carbonyl (C=O) groups excluding carboxylic acids is 1. The third-order valence-corrected chi connectivity index (χ3v) is 4.89. The van der Waals surface area contributed by atoms with Crippen molar-refractivity contribution in [3.63, 3.8) is 0 Å². The summed E-state index contributed by atoms with van der Waals surface area (Å²) in [5.74, 6) is 0.431. The second-order valence-electron chi connectivity index (χ2n) is 6.99. The molecule has 0 unspecified atom stereocenters. The van der Waals surface area contributed by atoms with Crippen molar-refractivity contribution in [3.05, 3.63) is 89.6 Å². The number of amides is 1. The van der Waals surface area contributed by atoms with Crippen molar-refractivity contribution < 1.29 is 23.2 Å². The minimum atomic E-state index is -0.320. The highest BCUT2D eigenvalue weighted by atomic mass is 19.1. The summed E-state index contributed by atoms with van der Waals surface area (Å²) in [4.78, 5) is 20.2. The number of benzene rings is 2. The number of rotatable bonds is 7. The largest absolute Gasteiger partial charge is 0.497 e. The lowest BCUT2D eigenvalue weighted by Crippen LogP contribution is -2.37. The zero-order chi connectivity index (χ0) is 20.9. The monoisotopic (exact) mass is 408 g/mol. The van der Waals surface area contributed by atoms with Crippen LogP contribution in [0.1, 0.15) is 28.1 Å². The zero-order valence-corrected chi connectivity index (χ0v) is 16.5. The van der Waals surface area contributed by atoms with E-state index in [1.807, 2.05) is 24.3 Å². The molecule has 0 N–H and O–H groups in total. The Kier molecular flexibility index (Phi) is 5.79. The molecule has 0 saturated carbocycles. The van der Waals surface area contributed by atoms with Crippen LogP contribution in [0.4, 0.5) is 4.39 Å². The Morgan fingerprint density at radius 2 is 1.93 bits per heavy atom. The van der Waals surface area contributed by atoms with Gasteiger partial charge in [-0.25, -0.2) is 4.39 Å². The molecule has 1 aliphatic rings. The van der Waals surface area contributed by atoms with Gasteiger partial charge < -0.3 is 18.9 Å². The molecule has 1 amide bonds. The lowest BCUT2D eigenvalue weighted by Gasteiger charge is -2.24. The molecule has 30 heavy (non-hydrogen) atoms. The second kappa shape index (κ2) is 8.82. The molecule has 2 heterocycles. The van der Waals surface area contributed by atoms with Gasteiger partial charge in [0, 0.05) is 13.0 Å². The van der Waals surface area contributed by atoms with E-state index in [0.29, 0.717) is 19.5 Å². The Morgan fingerprint density at radius 3 is 2.60 bits per heavy atom. The number of ether oxygens (including phenoxy) is 1. The minimum absolute atomic E-state index is 0.242. The molecule has 1 atom stereocenters. The number of methoxy groups -OCH3 is 1. The first-order valence-electron chi connectivity index (χ1n) is 9.56. The summed E-state index contributed by atoms with van der Waals surface area (Å²) in [6, 6.07) is 16.9. The Labute approximate surface area is 173 Å². The molecule has 0 aliphatic carbocycles. The van der Waals surface area contributed by atoms with Gasteiger partial charge in [-0.15, -0.1) is 0 Å². The molecule has 154 valence electrons. The van der Waals surface area contributed by atoms with Crippen molar-refractivity contribution in [1.29, 1.82) is 0 Å². The van der Waals surface area contributed by atoms with Gasteiger partial charge in [0.1, 0.15) is 11.6 Å². The normalized spacial score (nSPS) is 15.4. The molecule has 4 rings (SSSR count). The van der Waals surface area contributed by atoms with Crippen molar-refractivity contribution in [2.75, 3.05) is 13.7 Å². The standard InChI is InChI=1S/C23H21FN2O4/c1-28-19-10-6-17(7-11-19)21-13-20(30-25-21)15-26(23(27)22-3-2-12-29-22)14-16-4-8-18(24)9-5-16/h2-12,20H,13-15H2,1H3/t20-/m1/s1. The third-order valence-electron chi connectivity index (χ3n) is 4.89. The fraction of sp³-hybridized carbons (Fsp3) is 0.217. The van der Waals surface area contributed by atoms with E-state index in [9.17, 15) is 9.18 Å². The summed E-state index contributed by atoms with van der Waals surface area (Å²) in [5, 5.41) is 4.20. The van der Waals surface area contributed by atoms with E-state index in [-0.39, 0.29) is 23.6 Å². The first-order chi connectivity index (χ1) is 14.6. The molecule has 1 aromatic heterocycles. The van der Waals surface area contributed by atoms with Crippen molar-refractivity contribution in [1.82, 2.24) is 4.90 Å². The molecule has 2 aromatic carbocycles. The number of hydrogen-bond donors (Lipinski definition) is 0. The molecule has 0 radical (unpaired) electrons. The fourth-order valence-corrected chi connectivity index (χ4v) is 3.31. The maximum Gasteiger partial charge on any atom is 0.289 e. The van der Waals surface area contributed by atoms with Gasteiger partial charge in [-0.1, -0.05) is 17.3 Å². The highest BCUT2D eigenvalue weighted by molar-refractivity contribution is 6.01. The quantitative estimate of drug-likeness (QED) is 0.586. The molecule has 1 aliphatic heterocycles. The van der Waals surface area contributed by atoms with Crippen LogP contribution in [0.15, 0.2) is 76.5 Å². The van der Waals surface area contributed by atoms with Crippen LogP contribution in [0, 0.1) is 5.82 Å². The maximum atomic E-state index is 13.2. The van der Waals surface area contributed by atoms with E-state index in [1.54, 1.807) is 36.3 Å². The molecule has 6 nitrogen and oxygen atoms in total. The molecule has 0 saturated heterocycles. The van der Waals surface area contributed by atoms with Crippen LogP contribution in [-0.2, 0) is 11.4 Å². The molecule has 0 spiro atoms. The van der Waals surface area contributed by atoms with Crippen molar-refractivity contribution in [3.8, 4) is 5.75 Å². The molecule has 7 heteroatoms. The Bertz CT molecular complexity index is 1010. The van der Waals surface area contributed by atoms with E-state index in [2.05, 4.69) is 5.16 Å². The SMILES string of the molecule is COc1ccc(C2=NO[C@@H](CN(Cc3ccc(F)cc3)C(=O)c3ccco3)C2)cc1. The van der Waals surface area contributed by atoms with Crippen molar-refractivity contribution in [2.24, 2.45) is 5.16 Å². The van der Waals surface area contributed by atoms with Gasteiger partial charge in [0.2, 0.25) is 0 Å². The summed E-state index contributed by atoms with van der Waals surface area (Å²) in [6.07, 6.45) is 1.74. The van der Waals surface area contributed by atoms with Crippen LogP contribution in [0.3, 0.4) is 0 Å². The first kappa shape index (κ1) is 19.7. The first-order valence-corrected chi connectivity index (χ1v) is 9.56. The third kappa shape index (κ3) is 4.51. The minimum Gasteiger partial charge on any atom is -0.497 e. The highest BCUT2D eigenvalue weighted by Gasteiger charge is 2.28. The predicted octanol–water partition coefficient (Wildman–Crippen LogP) is 4.26. The Morgan fingerprint density at radius 1 is 1.17 bits per heavy atom. The molecular formula is C23H21FN2O4. The van der Waals surface area contributed by atoms with Gasteiger partial charge in [0.25, 0.3) is 5.91 Å². The summed E-state index contributed by atoms with van der Waals surface area (Å²) in [5.41, 5.74) is 2.57. The van der Waals surface area contributed by atoms with Crippen LogP contribution in [-0.4, -0.2) is 36.3 Å². The number of carbonyl (C=O) groups is 1. The van der Waals surface area contributed by atoms with E-state index >= 15 is 0 Å². The molecular weight excluding hydrogens is 387 g/mol. The van der Waals surface area contributed by atoms with Gasteiger partial charge in [0.15, 0.2) is 11.9 Å². The van der Waals surface area contributed by atoms with Gasteiger partial charge in [-0.05, 0) is 59.7 Å². The van der Waals surface area contributed by atoms with Gasteiger partial charge in [-0.3, -0.25) is 4.79 Å². The van der Waals surface area contributed by atoms with Crippen LogP contribution in [0.25, 0.3) is 0 Å². The van der Waals surface area contributed by atoms with Crippen molar-refractivity contribution in [2.45, 2.75) is 19.1 Å². The van der Waals surface area contributed by atoms with E-state index < -0.39 is 0 Å². The Hall–Kier alpha value is -3.61. The van der Waals surface area contributed by atoms with E-state index in [4.69, 9.17) is 14.0 Å². The molecule has 0 fully saturated rings. The van der Waals surface area contributed by atoms with Gasteiger partial charge in [0.05, 0.1) is 25.6 Å². The van der Waals surface area contributed by atoms with E-state index in [0.717, 1.165) is 22.6 Å². The molecule has 3 aromatic rings. The smallest absolute Gasteiger partial charge is 0.289 e. The summed E-state index contributed by atoms with van der Waals surface area (Å²) >= 11 is 0. The topological polar surface area (TPSA) is 64.3 Å². The zero-order valence-electron chi connectivity index (χ0n) is 16.5. The number of halogens is 1. The van der Waals surface area contributed by atoms with Crippen LogP contribution in [0.5, 0.6) is 5.75 Å². The number of oxime groups is 1. The second-order valence-corrected chi connectivity index (χ2v) is 6.99. The fourth-order valence-electron chi connectivity index (χ4n) is 3.31. The number of furan rings is 1. The lowest BCUT2D eigenvalue weighted by molar-refractivity contribution is 0.0387.